The summed E-state index contributed by atoms with van der Waals surface area (Å²) in [5.74, 6) is 1.13. The molecule has 94 valence electrons. The highest BCUT2D eigenvalue weighted by Crippen LogP contribution is 2.16. The minimum absolute atomic E-state index is 0.0400. The van der Waals surface area contributed by atoms with Gasteiger partial charge in [-0.2, -0.15) is 0 Å². The first kappa shape index (κ1) is 13.8. The van der Waals surface area contributed by atoms with Crippen molar-refractivity contribution in [2.75, 3.05) is 18.4 Å². The lowest BCUT2D eigenvalue weighted by Crippen LogP contribution is -2.28. The maximum atomic E-state index is 11.4. The molecule has 0 bridgehead atoms. The van der Waals surface area contributed by atoms with Gasteiger partial charge in [-0.3, -0.25) is 4.79 Å². The van der Waals surface area contributed by atoms with Gasteiger partial charge in [0.05, 0.1) is 5.02 Å². The number of rotatable bonds is 6. The Balaban J connectivity index is 2.24. The second-order valence-electron chi connectivity index (χ2n) is 4.21. The molecule has 17 heavy (non-hydrogen) atoms. The van der Waals surface area contributed by atoms with Crippen LogP contribution in [0.2, 0.25) is 5.02 Å². The Kier molecular flexibility index (Phi) is 5.77. The molecule has 4 nitrogen and oxygen atoms in total. The third-order valence-corrected chi connectivity index (χ3v) is 2.42. The lowest BCUT2D eigenvalue weighted by molar-refractivity contribution is -0.120. The summed E-state index contributed by atoms with van der Waals surface area (Å²) in [6, 6.07) is 3.53. The predicted molar refractivity (Wildman–Crippen MR) is 70.2 cm³/mol. The van der Waals surface area contributed by atoms with E-state index < -0.39 is 0 Å². The van der Waals surface area contributed by atoms with Crippen LogP contribution in [0.5, 0.6) is 0 Å². The van der Waals surface area contributed by atoms with Crippen LogP contribution in [0.1, 0.15) is 20.3 Å². The molecule has 0 saturated carbocycles. The minimum Gasteiger partial charge on any atom is -0.368 e. The van der Waals surface area contributed by atoms with Gasteiger partial charge in [0.25, 0.3) is 0 Å². The van der Waals surface area contributed by atoms with Crippen molar-refractivity contribution >= 4 is 23.3 Å². The second-order valence-corrected chi connectivity index (χ2v) is 4.62. The summed E-state index contributed by atoms with van der Waals surface area (Å²) in [5.41, 5.74) is 0. The van der Waals surface area contributed by atoms with Crippen molar-refractivity contribution in [3.8, 4) is 0 Å². The Hall–Kier alpha value is -1.29. The zero-order chi connectivity index (χ0) is 12.7. The Morgan fingerprint density at radius 2 is 2.29 bits per heavy atom. The van der Waals surface area contributed by atoms with Crippen LogP contribution in [0.3, 0.4) is 0 Å². The van der Waals surface area contributed by atoms with Gasteiger partial charge in [-0.1, -0.05) is 25.4 Å². The number of carbonyl (C=O) groups is 1. The van der Waals surface area contributed by atoms with Crippen LogP contribution in [-0.2, 0) is 4.79 Å². The fourth-order valence-corrected chi connectivity index (χ4v) is 1.40. The van der Waals surface area contributed by atoms with Gasteiger partial charge in [-0.15, -0.1) is 0 Å². The molecule has 0 fully saturated rings. The summed E-state index contributed by atoms with van der Waals surface area (Å²) >= 11 is 5.92. The van der Waals surface area contributed by atoms with E-state index in [1.807, 2.05) is 0 Å². The number of nitrogens with one attached hydrogen (secondary N) is 2. The SMILES string of the molecule is CC(C)CNC(=O)CCNc1ncccc1Cl. The number of halogens is 1. The molecular weight excluding hydrogens is 238 g/mol. The van der Waals surface area contributed by atoms with E-state index in [0.717, 1.165) is 0 Å². The number of anilines is 1. The summed E-state index contributed by atoms with van der Waals surface area (Å²) in [5, 5.41) is 6.44. The Labute approximate surface area is 107 Å². The van der Waals surface area contributed by atoms with Gasteiger partial charge >= 0.3 is 0 Å². The molecule has 1 aromatic rings. The van der Waals surface area contributed by atoms with Crippen LogP contribution in [0.15, 0.2) is 18.3 Å². The molecule has 0 saturated heterocycles. The number of aromatic nitrogens is 1. The topological polar surface area (TPSA) is 54.0 Å². The van der Waals surface area contributed by atoms with Gasteiger partial charge in [-0.05, 0) is 18.1 Å². The number of amides is 1. The van der Waals surface area contributed by atoms with E-state index in [2.05, 4.69) is 29.5 Å². The molecule has 0 atom stereocenters. The fourth-order valence-electron chi connectivity index (χ4n) is 1.22. The van der Waals surface area contributed by atoms with Gasteiger partial charge < -0.3 is 10.6 Å². The molecule has 0 aliphatic heterocycles. The van der Waals surface area contributed by atoms with E-state index in [0.29, 0.717) is 36.3 Å². The standard InChI is InChI=1S/C12H18ClN3O/c1-9(2)8-16-11(17)5-7-15-12-10(13)4-3-6-14-12/h3-4,6,9H,5,7-8H2,1-2H3,(H,14,15)(H,16,17). The largest absolute Gasteiger partial charge is 0.368 e. The van der Waals surface area contributed by atoms with E-state index in [1.165, 1.54) is 0 Å². The quantitative estimate of drug-likeness (QED) is 0.820. The highest BCUT2D eigenvalue weighted by atomic mass is 35.5. The predicted octanol–water partition coefficient (Wildman–Crippen LogP) is 2.31. The molecule has 1 heterocycles. The van der Waals surface area contributed by atoms with Gasteiger partial charge in [0.1, 0.15) is 5.82 Å². The van der Waals surface area contributed by atoms with Crippen molar-refractivity contribution in [3.63, 3.8) is 0 Å². The number of carbonyl (C=O) groups excluding carboxylic acids is 1. The summed E-state index contributed by atoms with van der Waals surface area (Å²) in [6.45, 7) is 5.36. The van der Waals surface area contributed by atoms with Crippen molar-refractivity contribution in [3.05, 3.63) is 23.4 Å². The molecular formula is C12H18ClN3O. The molecule has 0 radical (unpaired) electrons. The highest BCUT2D eigenvalue weighted by Gasteiger charge is 2.03. The average Bonchev–Trinajstić information content (AvgIpc) is 2.29. The van der Waals surface area contributed by atoms with Crippen LogP contribution in [0.4, 0.5) is 5.82 Å². The third kappa shape index (κ3) is 5.54. The first-order valence-corrected chi connectivity index (χ1v) is 6.08. The Morgan fingerprint density at radius 1 is 1.53 bits per heavy atom. The van der Waals surface area contributed by atoms with Crippen LogP contribution < -0.4 is 10.6 Å². The molecule has 1 aromatic heterocycles. The lowest BCUT2D eigenvalue weighted by atomic mass is 10.2. The van der Waals surface area contributed by atoms with Crippen molar-refractivity contribution in [1.29, 1.82) is 0 Å². The van der Waals surface area contributed by atoms with Gasteiger partial charge in [0.15, 0.2) is 0 Å². The zero-order valence-electron chi connectivity index (χ0n) is 10.2. The molecule has 2 N–H and O–H groups in total. The van der Waals surface area contributed by atoms with E-state index >= 15 is 0 Å². The number of hydrogen-bond donors (Lipinski definition) is 2. The molecule has 0 spiro atoms. The summed E-state index contributed by atoms with van der Waals surface area (Å²) in [6.07, 6.45) is 2.08. The van der Waals surface area contributed by atoms with Gasteiger partial charge in [-0.25, -0.2) is 4.98 Å². The van der Waals surface area contributed by atoms with Crippen LogP contribution in [-0.4, -0.2) is 24.0 Å². The maximum Gasteiger partial charge on any atom is 0.221 e. The van der Waals surface area contributed by atoms with E-state index in [4.69, 9.17) is 11.6 Å². The fraction of sp³-hybridized carbons (Fsp3) is 0.500. The minimum atomic E-state index is 0.0400. The molecule has 1 rings (SSSR count). The normalized spacial score (nSPS) is 10.4. The van der Waals surface area contributed by atoms with Crippen molar-refractivity contribution in [2.24, 2.45) is 5.92 Å². The molecule has 0 aromatic carbocycles. The molecule has 5 heteroatoms. The number of nitrogens with zero attached hydrogens (tertiary/aromatic N) is 1. The van der Waals surface area contributed by atoms with Crippen molar-refractivity contribution in [1.82, 2.24) is 10.3 Å². The Bertz CT molecular complexity index is 369. The highest BCUT2D eigenvalue weighted by molar-refractivity contribution is 6.32. The smallest absolute Gasteiger partial charge is 0.221 e. The summed E-state index contributed by atoms with van der Waals surface area (Å²) < 4.78 is 0. The van der Waals surface area contributed by atoms with E-state index in [-0.39, 0.29) is 5.91 Å². The average molecular weight is 256 g/mol. The zero-order valence-corrected chi connectivity index (χ0v) is 10.9. The molecule has 0 aliphatic carbocycles. The monoisotopic (exact) mass is 255 g/mol. The molecule has 0 unspecified atom stereocenters. The first-order valence-electron chi connectivity index (χ1n) is 5.70. The van der Waals surface area contributed by atoms with Crippen molar-refractivity contribution in [2.45, 2.75) is 20.3 Å². The van der Waals surface area contributed by atoms with Crippen LogP contribution in [0, 0.1) is 5.92 Å². The van der Waals surface area contributed by atoms with Crippen LogP contribution in [0.25, 0.3) is 0 Å². The van der Waals surface area contributed by atoms with Crippen LogP contribution >= 0.6 is 11.6 Å². The Morgan fingerprint density at radius 3 is 2.94 bits per heavy atom. The first-order chi connectivity index (χ1) is 8.09. The van der Waals surface area contributed by atoms with E-state index in [9.17, 15) is 4.79 Å². The summed E-state index contributed by atoms with van der Waals surface area (Å²) in [7, 11) is 0. The molecule has 1 amide bonds. The number of hydrogen-bond acceptors (Lipinski definition) is 3. The lowest BCUT2D eigenvalue weighted by Gasteiger charge is -2.09. The number of pyridine rings is 1. The maximum absolute atomic E-state index is 11.4. The third-order valence-electron chi connectivity index (χ3n) is 2.11. The molecule has 0 aliphatic rings. The summed E-state index contributed by atoms with van der Waals surface area (Å²) in [4.78, 5) is 15.5. The second kappa shape index (κ2) is 7.12. The van der Waals surface area contributed by atoms with Gasteiger partial charge in [0, 0.05) is 25.7 Å². The van der Waals surface area contributed by atoms with E-state index in [1.54, 1.807) is 18.3 Å². The van der Waals surface area contributed by atoms with Gasteiger partial charge in [0.2, 0.25) is 5.91 Å². The van der Waals surface area contributed by atoms with Crippen molar-refractivity contribution < 1.29 is 4.79 Å².